The Hall–Kier alpha value is -1.14. The zero-order valence-electron chi connectivity index (χ0n) is 15.6. The summed E-state index contributed by atoms with van der Waals surface area (Å²) in [5.74, 6) is 2.20. The molecule has 1 N–H and O–H groups in total. The molecule has 4 rings (SSSR count). The molecule has 0 spiro atoms. The lowest BCUT2D eigenvalue weighted by atomic mass is 9.87. The number of thioether (sulfide) groups is 1. The van der Waals surface area contributed by atoms with Gasteiger partial charge in [0.2, 0.25) is 5.91 Å². The van der Waals surface area contributed by atoms with Crippen LogP contribution in [0.4, 0.5) is 0 Å². The molecule has 6 heteroatoms. The molecule has 0 unspecified atom stereocenters. The molecular formula is C20H27N3OS2. The van der Waals surface area contributed by atoms with Gasteiger partial charge >= 0.3 is 0 Å². The molecular weight excluding hydrogens is 362 g/mol. The Bertz CT molecular complexity index is 809. The number of hydrogen-bond acceptors (Lipinski definition) is 5. The predicted octanol–water partition coefficient (Wildman–Crippen LogP) is 4.67. The molecule has 0 aromatic carbocycles. The minimum Gasteiger partial charge on any atom is -0.353 e. The maximum atomic E-state index is 12.4. The Balaban J connectivity index is 1.46. The van der Waals surface area contributed by atoms with Crippen molar-refractivity contribution in [1.29, 1.82) is 0 Å². The highest BCUT2D eigenvalue weighted by atomic mass is 32.2. The third-order valence-electron chi connectivity index (χ3n) is 5.61. The van der Waals surface area contributed by atoms with Crippen LogP contribution in [0.25, 0.3) is 10.2 Å². The maximum absolute atomic E-state index is 12.4. The number of aryl methyl sites for hydroxylation is 3. The summed E-state index contributed by atoms with van der Waals surface area (Å²) < 4.78 is 0. The third kappa shape index (κ3) is 3.91. The predicted molar refractivity (Wildman–Crippen MR) is 109 cm³/mol. The molecule has 2 heterocycles. The number of rotatable bonds is 4. The summed E-state index contributed by atoms with van der Waals surface area (Å²) in [4.78, 5) is 24.4. The molecule has 0 saturated heterocycles. The average Bonchev–Trinajstić information content (AvgIpc) is 2.99. The van der Waals surface area contributed by atoms with Crippen LogP contribution in [0, 0.1) is 12.8 Å². The van der Waals surface area contributed by atoms with Crippen molar-refractivity contribution in [3.63, 3.8) is 0 Å². The van der Waals surface area contributed by atoms with Crippen molar-refractivity contribution in [2.75, 3.05) is 5.75 Å². The smallest absolute Gasteiger partial charge is 0.230 e. The number of carbonyl (C=O) groups excluding carboxylic acids is 1. The van der Waals surface area contributed by atoms with Crippen LogP contribution in [0.2, 0.25) is 0 Å². The first-order chi connectivity index (χ1) is 12.6. The second-order valence-corrected chi connectivity index (χ2v) is 9.83. The number of thiophene rings is 1. The molecule has 1 amide bonds. The van der Waals surface area contributed by atoms with Crippen molar-refractivity contribution < 1.29 is 4.79 Å². The normalized spacial score (nSPS) is 23.0. The molecule has 4 nitrogen and oxygen atoms in total. The van der Waals surface area contributed by atoms with Crippen molar-refractivity contribution in [3.8, 4) is 0 Å². The Morgan fingerprint density at radius 2 is 1.96 bits per heavy atom. The van der Waals surface area contributed by atoms with Gasteiger partial charge in [0.25, 0.3) is 0 Å². The minimum atomic E-state index is 0.142. The van der Waals surface area contributed by atoms with Gasteiger partial charge in [-0.15, -0.1) is 11.3 Å². The average molecular weight is 390 g/mol. The number of hydrogen-bond donors (Lipinski definition) is 1. The van der Waals surface area contributed by atoms with E-state index in [-0.39, 0.29) is 5.91 Å². The minimum absolute atomic E-state index is 0.142. The van der Waals surface area contributed by atoms with Gasteiger partial charge in [0, 0.05) is 16.3 Å². The highest BCUT2D eigenvalue weighted by Crippen LogP contribution is 2.39. The van der Waals surface area contributed by atoms with E-state index >= 15 is 0 Å². The van der Waals surface area contributed by atoms with Crippen molar-refractivity contribution in [2.45, 2.75) is 76.3 Å². The van der Waals surface area contributed by atoms with Crippen LogP contribution >= 0.6 is 23.1 Å². The van der Waals surface area contributed by atoms with E-state index in [1.807, 2.05) is 18.3 Å². The van der Waals surface area contributed by atoms with Gasteiger partial charge in [-0.05, 0) is 69.8 Å². The molecule has 0 bridgehead atoms. The molecule has 2 aromatic rings. The number of fused-ring (bicyclic) bond motifs is 3. The second-order valence-electron chi connectivity index (χ2n) is 7.78. The zero-order chi connectivity index (χ0) is 18.1. The third-order valence-corrected chi connectivity index (χ3v) is 7.78. The van der Waals surface area contributed by atoms with Crippen molar-refractivity contribution in [2.24, 2.45) is 5.92 Å². The summed E-state index contributed by atoms with van der Waals surface area (Å²) in [5, 5.41) is 5.45. The number of carbonyl (C=O) groups is 1. The molecule has 2 aliphatic carbocycles. The number of amides is 1. The highest BCUT2D eigenvalue weighted by Gasteiger charge is 2.22. The van der Waals surface area contributed by atoms with Gasteiger partial charge in [0.15, 0.2) is 0 Å². The van der Waals surface area contributed by atoms with E-state index in [4.69, 9.17) is 0 Å². The van der Waals surface area contributed by atoms with Gasteiger partial charge in [-0.2, -0.15) is 0 Å². The Labute approximate surface area is 163 Å². The fourth-order valence-corrected chi connectivity index (χ4v) is 6.42. The highest BCUT2D eigenvalue weighted by molar-refractivity contribution is 8.00. The lowest BCUT2D eigenvalue weighted by molar-refractivity contribution is -0.119. The van der Waals surface area contributed by atoms with Gasteiger partial charge in [-0.3, -0.25) is 4.79 Å². The van der Waals surface area contributed by atoms with E-state index in [9.17, 15) is 4.79 Å². The van der Waals surface area contributed by atoms with Crippen LogP contribution in [-0.2, 0) is 17.6 Å². The maximum Gasteiger partial charge on any atom is 0.230 e. The van der Waals surface area contributed by atoms with E-state index < -0.39 is 0 Å². The summed E-state index contributed by atoms with van der Waals surface area (Å²) in [7, 11) is 0. The van der Waals surface area contributed by atoms with Crippen LogP contribution in [-0.4, -0.2) is 27.7 Å². The molecule has 0 aliphatic heterocycles. The van der Waals surface area contributed by atoms with Crippen molar-refractivity contribution in [1.82, 2.24) is 15.3 Å². The van der Waals surface area contributed by atoms with E-state index in [1.165, 1.54) is 47.9 Å². The summed E-state index contributed by atoms with van der Waals surface area (Å²) in [6, 6.07) is 0.361. The summed E-state index contributed by atoms with van der Waals surface area (Å²) in [6.45, 7) is 4.25. The van der Waals surface area contributed by atoms with Crippen LogP contribution in [0.1, 0.15) is 61.7 Å². The lowest BCUT2D eigenvalue weighted by Gasteiger charge is -2.26. The molecule has 2 aromatic heterocycles. The summed E-state index contributed by atoms with van der Waals surface area (Å²) in [6.07, 6.45) is 9.51. The van der Waals surface area contributed by atoms with E-state index in [0.29, 0.717) is 11.8 Å². The topological polar surface area (TPSA) is 54.9 Å². The quantitative estimate of drug-likeness (QED) is 0.610. The van der Waals surface area contributed by atoms with Gasteiger partial charge in [-0.25, -0.2) is 9.97 Å². The first-order valence-electron chi connectivity index (χ1n) is 9.81. The van der Waals surface area contributed by atoms with Gasteiger partial charge in [0.1, 0.15) is 15.7 Å². The zero-order valence-corrected chi connectivity index (χ0v) is 17.3. The van der Waals surface area contributed by atoms with Gasteiger partial charge in [-0.1, -0.05) is 18.7 Å². The van der Waals surface area contributed by atoms with Crippen LogP contribution in [0.15, 0.2) is 5.03 Å². The van der Waals surface area contributed by atoms with Crippen molar-refractivity contribution in [3.05, 3.63) is 16.3 Å². The fourth-order valence-electron chi connectivity index (χ4n) is 4.14. The Kier molecular flexibility index (Phi) is 5.50. The summed E-state index contributed by atoms with van der Waals surface area (Å²) >= 11 is 3.41. The van der Waals surface area contributed by atoms with E-state index in [1.54, 1.807) is 11.8 Å². The SMILES string of the molecule is Cc1nc(SCC(=O)NC2CCC(C)CC2)c2c3c(sc2n1)CCCC3. The standard InChI is InChI=1S/C20H27N3OS2/c1-12-7-9-14(10-8-12)23-17(24)11-25-19-18-15-5-3-4-6-16(15)26-20(18)22-13(2)21-19/h12,14H,3-11H2,1-2H3,(H,23,24). The summed E-state index contributed by atoms with van der Waals surface area (Å²) in [5.41, 5.74) is 1.44. The molecule has 2 aliphatic rings. The van der Waals surface area contributed by atoms with E-state index in [2.05, 4.69) is 22.2 Å². The van der Waals surface area contributed by atoms with Crippen LogP contribution in [0.3, 0.4) is 0 Å². The van der Waals surface area contributed by atoms with Crippen LogP contribution in [0.5, 0.6) is 0 Å². The van der Waals surface area contributed by atoms with E-state index in [0.717, 1.165) is 40.9 Å². The fraction of sp³-hybridized carbons (Fsp3) is 0.650. The second kappa shape index (κ2) is 7.85. The monoisotopic (exact) mass is 389 g/mol. The Morgan fingerprint density at radius 3 is 2.77 bits per heavy atom. The molecule has 1 saturated carbocycles. The number of nitrogens with zero attached hydrogens (tertiary/aromatic N) is 2. The molecule has 140 valence electrons. The molecule has 26 heavy (non-hydrogen) atoms. The lowest BCUT2D eigenvalue weighted by Crippen LogP contribution is -2.38. The first-order valence-corrected chi connectivity index (χ1v) is 11.6. The molecule has 0 atom stereocenters. The van der Waals surface area contributed by atoms with Gasteiger partial charge in [0.05, 0.1) is 5.75 Å². The molecule has 1 fully saturated rings. The molecule has 0 radical (unpaired) electrons. The first kappa shape index (κ1) is 18.2. The Morgan fingerprint density at radius 1 is 1.19 bits per heavy atom. The number of nitrogens with one attached hydrogen (secondary N) is 1. The largest absolute Gasteiger partial charge is 0.353 e. The van der Waals surface area contributed by atoms with Crippen LogP contribution < -0.4 is 5.32 Å². The van der Waals surface area contributed by atoms with Crippen molar-refractivity contribution >= 4 is 39.2 Å². The number of aromatic nitrogens is 2. The van der Waals surface area contributed by atoms with Gasteiger partial charge < -0.3 is 5.32 Å².